The summed E-state index contributed by atoms with van der Waals surface area (Å²) >= 11 is 0. The first-order valence-corrected chi connectivity index (χ1v) is 10.7. The fourth-order valence-corrected chi connectivity index (χ4v) is 5.33. The van der Waals surface area contributed by atoms with Crippen LogP contribution < -0.4 is 0 Å². The third-order valence-corrected chi connectivity index (χ3v) is 6.62. The summed E-state index contributed by atoms with van der Waals surface area (Å²) in [6.45, 7) is 8.12. The highest BCUT2D eigenvalue weighted by atomic mass is 15.0. The molecular weight excluding hydrogens is 338 g/mol. The highest BCUT2D eigenvalue weighted by Crippen LogP contribution is 2.54. The molecule has 0 fully saturated rings. The van der Waals surface area contributed by atoms with Crippen molar-refractivity contribution in [3.63, 3.8) is 0 Å². The Kier molecular flexibility index (Phi) is 4.08. The van der Waals surface area contributed by atoms with Crippen LogP contribution in [0.25, 0.3) is 16.5 Å². The average Bonchev–Trinajstić information content (AvgIpc) is 3.14. The molecule has 0 aliphatic heterocycles. The lowest BCUT2D eigenvalue weighted by Crippen LogP contribution is -2.15. The van der Waals surface area contributed by atoms with Gasteiger partial charge in [0.1, 0.15) is 0 Å². The van der Waals surface area contributed by atoms with E-state index in [2.05, 4.69) is 86.0 Å². The summed E-state index contributed by atoms with van der Waals surface area (Å²) in [5.74, 6) is 0. The quantitative estimate of drug-likeness (QED) is 0.469. The molecule has 2 aliphatic rings. The monoisotopic (exact) mass is 367 g/mol. The lowest BCUT2D eigenvalue weighted by Gasteiger charge is -2.24. The van der Waals surface area contributed by atoms with Crippen molar-refractivity contribution >= 4 is 16.5 Å². The molecule has 1 nitrogen and oxygen atoms in total. The third kappa shape index (κ3) is 2.60. The van der Waals surface area contributed by atoms with Crippen LogP contribution in [-0.4, -0.2) is 4.57 Å². The topological polar surface area (TPSA) is 4.93 Å². The van der Waals surface area contributed by atoms with E-state index in [4.69, 9.17) is 0 Å². The van der Waals surface area contributed by atoms with Crippen LogP contribution in [0.4, 0.5) is 0 Å². The van der Waals surface area contributed by atoms with Gasteiger partial charge in [0.2, 0.25) is 0 Å². The van der Waals surface area contributed by atoms with E-state index in [1.54, 1.807) is 11.1 Å². The Labute approximate surface area is 168 Å². The highest BCUT2D eigenvalue weighted by Gasteiger charge is 2.42. The van der Waals surface area contributed by atoms with E-state index < -0.39 is 0 Å². The Balaban J connectivity index is 1.62. The Morgan fingerprint density at radius 1 is 0.964 bits per heavy atom. The van der Waals surface area contributed by atoms with Crippen LogP contribution in [0.1, 0.15) is 55.5 Å². The molecule has 0 unspecified atom stereocenters. The van der Waals surface area contributed by atoms with Gasteiger partial charge in [-0.05, 0) is 67.0 Å². The number of aromatic nitrogens is 1. The molecule has 0 N–H and O–H groups in total. The van der Waals surface area contributed by atoms with Gasteiger partial charge in [0.15, 0.2) is 0 Å². The van der Waals surface area contributed by atoms with Crippen molar-refractivity contribution in [1.82, 2.24) is 4.57 Å². The van der Waals surface area contributed by atoms with Crippen LogP contribution >= 0.6 is 0 Å². The average molecular weight is 368 g/mol. The number of hydrogen-bond acceptors (Lipinski definition) is 0. The molecular formula is C27H29N. The summed E-state index contributed by atoms with van der Waals surface area (Å²) in [6.07, 6.45) is 9.62. The second kappa shape index (κ2) is 6.51. The molecule has 2 aromatic carbocycles. The summed E-state index contributed by atoms with van der Waals surface area (Å²) in [5, 5.41) is 1.45. The lowest BCUT2D eigenvalue weighted by atomic mass is 9.79. The number of benzene rings is 2. The Morgan fingerprint density at radius 2 is 1.75 bits per heavy atom. The van der Waals surface area contributed by atoms with Crippen LogP contribution in [0, 0.1) is 6.92 Å². The molecule has 0 amide bonds. The van der Waals surface area contributed by atoms with Crippen molar-refractivity contribution in [2.75, 3.05) is 0 Å². The van der Waals surface area contributed by atoms with Crippen molar-refractivity contribution in [2.24, 2.45) is 0 Å². The molecule has 28 heavy (non-hydrogen) atoms. The normalized spacial score (nSPS) is 17.2. The van der Waals surface area contributed by atoms with Crippen LogP contribution in [0.5, 0.6) is 0 Å². The first-order valence-electron chi connectivity index (χ1n) is 10.7. The highest BCUT2D eigenvalue weighted by molar-refractivity contribution is 6.00. The zero-order valence-corrected chi connectivity index (χ0v) is 17.3. The number of hydrogen-bond donors (Lipinski definition) is 0. The molecule has 0 spiro atoms. The van der Waals surface area contributed by atoms with Crippen LogP contribution in [0.3, 0.4) is 0 Å². The molecule has 0 saturated carbocycles. The first-order chi connectivity index (χ1) is 13.6. The van der Waals surface area contributed by atoms with Crippen molar-refractivity contribution in [2.45, 2.75) is 58.4 Å². The van der Waals surface area contributed by atoms with Crippen molar-refractivity contribution in [3.8, 4) is 0 Å². The summed E-state index contributed by atoms with van der Waals surface area (Å²) in [4.78, 5) is 0. The molecule has 1 aromatic heterocycles. The Hall–Kier alpha value is -2.54. The third-order valence-electron chi connectivity index (χ3n) is 6.62. The minimum atomic E-state index is 0.0955. The predicted octanol–water partition coefficient (Wildman–Crippen LogP) is 6.98. The Morgan fingerprint density at radius 3 is 2.57 bits per heavy atom. The molecule has 0 atom stereocenters. The number of aryl methyl sites for hydroxylation is 3. The standard InChI is InChI=1S/C27H29N/c1-19-15-16-24-22(18-19)25-26(21-13-7-8-14-23(21)27(25,2)3)28(24)17-9-12-20-10-5-4-6-11-20/h4-6,10-11,13-16,18H,7-9,12,17H2,1-3H3. The SMILES string of the molecule is Cc1ccc2c(c1)c1c(n2CCCc2ccccc2)C2=CCCC=C2C1(C)C. The summed E-state index contributed by atoms with van der Waals surface area (Å²) in [7, 11) is 0. The van der Waals surface area contributed by atoms with Gasteiger partial charge in [0.05, 0.1) is 5.69 Å². The second-order valence-electron chi connectivity index (χ2n) is 8.92. The van der Waals surface area contributed by atoms with Gasteiger partial charge in [-0.3, -0.25) is 0 Å². The summed E-state index contributed by atoms with van der Waals surface area (Å²) < 4.78 is 2.62. The van der Waals surface area contributed by atoms with Gasteiger partial charge in [-0.25, -0.2) is 0 Å². The minimum Gasteiger partial charge on any atom is -0.340 e. The molecule has 142 valence electrons. The van der Waals surface area contributed by atoms with Crippen LogP contribution in [0.2, 0.25) is 0 Å². The summed E-state index contributed by atoms with van der Waals surface area (Å²) in [5.41, 5.74) is 10.4. The predicted molar refractivity (Wildman–Crippen MR) is 120 cm³/mol. The minimum absolute atomic E-state index is 0.0955. The maximum atomic E-state index is 2.62. The maximum absolute atomic E-state index is 2.62. The molecule has 1 heteroatoms. The van der Waals surface area contributed by atoms with E-state index in [1.807, 2.05) is 0 Å². The van der Waals surface area contributed by atoms with Gasteiger partial charge < -0.3 is 4.57 Å². The Bertz CT molecular complexity index is 1110. The van der Waals surface area contributed by atoms with Gasteiger partial charge in [0.25, 0.3) is 0 Å². The van der Waals surface area contributed by atoms with E-state index >= 15 is 0 Å². The van der Waals surface area contributed by atoms with E-state index in [0.717, 1.165) is 13.0 Å². The second-order valence-corrected chi connectivity index (χ2v) is 8.92. The van der Waals surface area contributed by atoms with E-state index in [9.17, 15) is 0 Å². The lowest BCUT2D eigenvalue weighted by molar-refractivity contribution is 0.643. The molecule has 5 rings (SSSR count). The van der Waals surface area contributed by atoms with E-state index in [1.165, 1.54) is 52.6 Å². The molecule has 3 aromatic rings. The largest absolute Gasteiger partial charge is 0.340 e. The van der Waals surface area contributed by atoms with Crippen LogP contribution in [0.15, 0.2) is 66.3 Å². The van der Waals surface area contributed by atoms with Crippen molar-refractivity contribution < 1.29 is 0 Å². The number of nitrogens with zero attached hydrogens (tertiary/aromatic N) is 1. The van der Waals surface area contributed by atoms with Crippen LogP contribution in [-0.2, 0) is 18.4 Å². The molecule has 0 radical (unpaired) electrons. The van der Waals surface area contributed by atoms with Gasteiger partial charge in [-0.15, -0.1) is 0 Å². The fraction of sp³-hybridized carbons (Fsp3) is 0.333. The zero-order chi connectivity index (χ0) is 19.3. The molecule has 2 aliphatic carbocycles. The molecule has 0 saturated heterocycles. The van der Waals surface area contributed by atoms with Crippen molar-refractivity contribution in [3.05, 3.63) is 88.6 Å². The number of rotatable bonds is 4. The zero-order valence-electron chi connectivity index (χ0n) is 17.3. The van der Waals surface area contributed by atoms with Gasteiger partial charge in [0, 0.05) is 22.9 Å². The van der Waals surface area contributed by atoms with Crippen molar-refractivity contribution in [1.29, 1.82) is 0 Å². The first kappa shape index (κ1) is 17.6. The molecule has 1 heterocycles. The molecule has 0 bridgehead atoms. The number of fused-ring (bicyclic) bond motifs is 5. The van der Waals surface area contributed by atoms with E-state index in [-0.39, 0.29) is 5.41 Å². The van der Waals surface area contributed by atoms with Gasteiger partial charge >= 0.3 is 0 Å². The maximum Gasteiger partial charge on any atom is 0.0532 e. The number of allylic oxidation sites excluding steroid dienone is 4. The summed E-state index contributed by atoms with van der Waals surface area (Å²) in [6, 6.07) is 17.9. The van der Waals surface area contributed by atoms with Gasteiger partial charge in [-0.1, -0.05) is 68.0 Å². The van der Waals surface area contributed by atoms with Gasteiger partial charge in [-0.2, -0.15) is 0 Å². The fourth-order valence-electron chi connectivity index (χ4n) is 5.33. The smallest absolute Gasteiger partial charge is 0.0532 e. The van der Waals surface area contributed by atoms with E-state index in [0.29, 0.717) is 0 Å².